The molecule has 2 aromatic heterocycles. The van der Waals surface area contributed by atoms with Gasteiger partial charge >= 0.3 is 0 Å². The molecule has 1 saturated heterocycles. The van der Waals surface area contributed by atoms with E-state index in [4.69, 9.17) is 0 Å². The summed E-state index contributed by atoms with van der Waals surface area (Å²) >= 11 is 1.44. The summed E-state index contributed by atoms with van der Waals surface area (Å²) in [5.74, 6) is -0.361. The Balaban J connectivity index is 1.65. The minimum absolute atomic E-state index is 0.00883. The van der Waals surface area contributed by atoms with Gasteiger partial charge in [0.25, 0.3) is 5.91 Å². The fourth-order valence-electron chi connectivity index (χ4n) is 3.12. The predicted octanol–water partition coefficient (Wildman–Crippen LogP) is 1.85. The molecule has 152 valence electrons. The molecule has 0 atom stereocenters. The third kappa shape index (κ3) is 4.07. The summed E-state index contributed by atoms with van der Waals surface area (Å²) in [7, 11) is -3.29. The normalized spacial score (nSPS) is 15.6. The number of sulfonamides is 1. The number of carbonyl (C=O) groups excluding carboxylic acids is 1. The van der Waals surface area contributed by atoms with Gasteiger partial charge in [-0.2, -0.15) is 4.31 Å². The van der Waals surface area contributed by atoms with E-state index >= 15 is 0 Å². The highest BCUT2D eigenvalue weighted by molar-refractivity contribution is 7.88. The lowest BCUT2D eigenvalue weighted by Gasteiger charge is -2.32. The largest absolute Gasteiger partial charge is 0.333 e. The van der Waals surface area contributed by atoms with E-state index in [0.717, 1.165) is 11.1 Å². The molecule has 11 heteroatoms. The standard InChI is InChI=1S/C18H18FN5O3S2/c1-29(26,27)23-9-7-22(8-10-23)18(25)16-20-17(15-6-3-11-28-15)24(21-16)14-5-2-4-13(19)12-14/h2-6,11-12H,7-10H2,1H3. The van der Waals surface area contributed by atoms with E-state index in [0.29, 0.717) is 11.5 Å². The second-order valence-corrected chi connectivity index (χ2v) is 9.51. The van der Waals surface area contributed by atoms with Gasteiger partial charge in [-0.15, -0.1) is 16.4 Å². The summed E-state index contributed by atoms with van der Waals surface area (Å²) in [6, 6.07) is 9.62. The number of amides is 1. The van der Waals surface area contributed by atoms with E-state index < -0.39 is 15.8 Å². The summed E-state index contributed by atoms with van der Waals surface area (Å²) in [6.07, 6.45) is 1.15. The van der Waals surface area contributed by atoms with E-state index in [9.17, 15) is 17.6 Å². The molecule has 1 fully saturated rings. The van der Waals surface area contributed by atoms with Crippen LogP contribution < -0.4 is 0 Å². The number of halogens is 1. The van der Waals surface area contributed by atoms with Gasteiger partial charge in [0.05, 0.1) is 16.8 Å². The van der Waals surface area contributed by atoms with Gasteiger partial charge in [0.1, 0.15) is 5.82 Å². The topological polar surface area (TPSA) is 88.4 Å². The first kappa shape index (κ1) is 19.7. The van der Waals surface area contributed by atoms with Crippen molar-refractivity contribution in [3.8, 4) is 16.4 Å². The first-order chi connectivity index (χ1) is 13.8. The maximum absolute atomic E-state index is 13.7. The Morgan fingerprint density at radius 2 is 1.90 bits per heavy atom. The van der Waals surface area contributed by atoms with Gasteiger partial charge in [0, 0.05) is 26.2 Å². The molecule has 1 aromatic carbocycles. The van der Waals surface area contributed by atoms with E-state index in [-0.39, 0.29) is 37.9 Å². The van der Waals surface area contributed by atoms with Crippen molar-refractivity contribution in [3.05, 3.63) is 53.4 Å². The Morgan fingerprint density at radius 3 is 2.52 bits per heavy atom. The van der Waals surface area contributed by atoms with Crippen LogP contribution in [0.15, 0.2) is 41.8 Å². The third-order valence-electron chi connectivity index (χ3n) is 4.59. The van der Waals surface area contributed by atoms with Crippen molar-refractivity contribution >= 4 is 27.3 Å². The fourth-order valence-corrected chi connectivity index (χ4v) is 4.65. The van der Waals surface area contributed by atoms with E-state index in [1.807, 2.05) is 17.5 Å². The van der Waals surface area contributed by atoms with Crippen LogP contribution in [0.5, 0.6) is 0 Å². The molecule has 1 aliphatic rings. The molecule has 3 aromatic rings. The van der Waals surface area contributed by atoms with Crippen molar-refractivity contribution < 1.29 is 17.6 Å². The lowest BCUT2D eigenvalue weighted by molar-refractivity contribution is 0.0686. The van der Waals surface area contributed by atoms with Crippen molar-refractivity contribution in [1.82, 2.24) is 24.0 Å². The second kappa shape index (κ2) is 7.65. The number of hydrogen-bond donors (Lipinski definition) is 0. The molecule has 29 heavy (non-hydrogen) atoms. The average Bonchev–Trinajstić information content (AvgIpc) is 3.36. The molecular weight excluding hydrogens is 417 g/mol. The maximum atomic E-state index is 13.7. The number of hydrogen-bond acceptors (Lipinski definition) is 6. The Labute approximate surface area is 171 Å². The number of rotatable bonds is 4. The van der Waals surface area contributed by atoms with Crippen LogP contribution in [0.25, 0.3) is 16.4 Å². The molecule has 0 N–H and O–H groups in total. The quantitative estimate of drug-likeness (QED) is 0.624. The highest BCUT2D eigenvalue weighted by Gasteiger charge is 2.29. The maximum Gasteiger partial charge on any atom is 0.293 e. The van der Waals surface area contributed by atoms with Crippen molar-refractivity contribution in [2.24, 2.45) is 0 Å². The smallest absolute Gasteiger partial charge is 0.293 e. The summed E-state index contributed by atoms with van der Waals surface area (Å²) in [4.78, 5) is 19.7. The summed E-state index contributed by atoms with van der Waals surface area (Å²) in [6.45, 7) is 0.976. The SMILES string of the molecule is CS(=O)(=O)N1CCN(C(=O)c2nc(-c3cccs3)n(-c3cccc(F)c3)n2)CC1. The zero-order chi connectivity index (χ0) is 20.6. The van der Waals surface area contributed by atoms with Gasteiger partial charge in [-0.05, 0) is 29.6 Å². The lowest BCUT2D eigenvalue weighted by atomic mass is 10.3. The second-order valence-electron chi connectivity index (χ2n) is 6.58. The molecular formula is C18H18FN5O3S2. The van der Waals surface area contributed by atoms with E-state index in [1.165, 1.54) is 37.4 Å². The van der Waals surface area contributed by atoms with Crippen LogP contribution in [-0.2, 0) is 10.0 Å². The zero-order valence-corrected chi connectivity index (χ0v) is 17.2. The minimum Gasteiger partial charge on any atom is -0.333 e. The van der Waals surface area contributed by atoms with Crippen LogP contribution in [0.3, 0.4) is 0 Å². The summed E-state index contributed by atoms with van der Waals surface area (Å²) in [5, 5.41) is 6.22. The molecule has 0 bridgehead atoms. The minimum atomic E-state index is -3.29. The van der Waals surface area contributed by atoms with Crippen LogP contribution in [0.4, 0.5) is 4.39 Å². The van der Waals surface area contributed by atoms with Gasteiger partial charge in [0.2, 0.25) is 15.8 Å². The summed E-state index contributed by atoms with van der Waals surface area (Å²) < 4.78 is 39.8. The van der Waals surface area contributed by atoms with Crippen molar-refractivity contribution in [3.63, 3.8) is 0 Å². The van der Waals surface area contributed by atoms with Crippen LogP contribution in [0, 0.1) is 5.82 Å². The van der Waals surface area contributed by atoms with Crippen molar-refractivity contribution in [2.45, 2.75) is 0 Å². The highest BCUT2D eigenvalue weighted by Crippen LogP contribution is 2.26. The van der Waals surface area contributed by atoms with Gasteiger partial charge in [0.15, 0.2) is 5.82 Å². The third-order valence-corrected chi connectivity index (χ3v) is 6.76. The fraction of sp³-hybridized carbons (Fsp3) is 0.278. The lowest BCUT2D eigenvalue weighted by Crippen LogP contribution is -2.50. The van der Waals surface area contributed by atoms with Crippen LogP contribution in [-0.4, -0.2) is 70.7 Å². The van der Waals surface area contributed by atoms with E-state index in [2.05, 4.69) is 10.1 Å². The average molecular weight is 436 g/mol. The molecule has 0 radical (unpaired) electrons. The molecule has 8 nitrogen and oxygen atoms in total. The molecule has 0 spiro atoms. The molecule has 3 heterocycles. The molecule has 4 rings (SSSR count). The number of carbonyl (C=O) groups is 1. The highest BCUT2D eigenvalue weighted by atomic mass is 32.2. The van der Waals surface area contributed by atoms with Gasteiger partial charge in [-0.25, -0.2) is 22.5 Å². The summed E-state index contributed by atoms with van der Waals surface area (Å²) in [5.41, 5.74) is 0.460. The number of nitrogens with zero attached hydrogens (tertiary/aromatic N) is 5. The van der Waals surface area contributed by atoms with Gasteiger partial charge in [-0.3, -0.25) is 4.79 Å². The first-order valence-corrected chi connectivity index (χ1v) is 11.6. The number of thiophene rings is 1. The molecule has 0 unspecified atom stereocenters. The molecule has 1 amide bonds. The zero-order valence-electron chi connectivity index (χ0n) is 15.5. The van der Waals surface area contributed by atoms with Crippen molar-refractivity contribution in [2.75, 3.05) is 32.4 Å². The van der Waals surface area contributed by atoms with Crippen LogP contribution >= 0.6 is 11.3 Å². The van der Waals surface area contributed by atoms with Gasteiger partial charge in [-0.1, -0.05) is 12.1 Å². The molecule has 0 saturated carbocycles. The van der Waals surface area contributed by atoms with E-state index in [1.54, 1.807) is 12.1 Å². The van der Waals surface area contributed by atoms with Gasteiger partial charge < -0.3 is 4.90 Å². The first-order valence-electron chi connectivity index (χ1n) is 8.84. The Morgan fingerprint density at radius 1 is 1.14 bits per heavy atom. The molecule has 1 aliphatic heterocycles. The predicted molar refractivity (Wildman–Crippen MR) is 107 cm³/mol. The Bertz CT molecular complexity index is 1140. The van der Waals surface area contributed by atoms with Crippen LogP contribution in [0.2, 0.25) is 0 Å². The Kier molecular flexibility index (Phi) is 5.19. The number of aromatic nitrogens is 3. The number of benzene rings is 1. The number of piperazine rings is 1. The molecule has 0 aliphatic carbocycles. The monoisotopic (exact) mass is 435 g/mol. The van der Waals surface area contributed by atoms with Crippen LogP contribution in [0.1, 0.15) is 10.6 Å². The Hall–Kier alpha value is -2.63. The van der Waals surface area contributed by atoms with Crippen molar-refractivity contribution in [1.29, 1.82) is 0 Å².